The lowest BCUT2D eigenvalue weighted by atomic mass is 10.0. The van der Waals surface area contributed by atoms with Crippen LogP contribution in [0.4, 0.5) is 0 Å². The SMILES string of the molecule is COC(=O)c1c(Cn2c(=O)oc3cc(Cl)ccc32)nc2ccccc2c1C. The molecule has 0 radical (unpaired) electrons. The number of oxazole rings is 1. The Bertz CT molecular complexity index is 1260. The molecule has 7 heteroatoms. The van der Waals surface area contributed by atoms with Gasteiger partial charge in [-0.15, -0.1) is 0 Å². The lowest BCUT2D eigenvalue weighted by molar-refractivity contribution is 0.0598. The maximum absolute atomic E-state index is 12.4. The minimum atomic E-state index is -0.546. The molecule has 0 bridgehead atoms. The number of halogens is 1. The first kappa shape index (κ1) is 17.3. The third-order valence-corrected chi connectivity index (χ3v) is 4.79. The number of fused-ring (bicyclic) bond motifs is 2. The van der Waals surface area contributed by atoms with Crippen LogP contribution in [0.15, 0.2) is 51.7 Å². The summed E-state index contributed by atoms with van der Waals surface area (Å²) >= 11 is 5.97. The summed E-state index contributed by atoms with van der Waals surface area (Å²) in [6, 6.07) is 12.5. The molecule has 0 spiro atoms. The molecular weight excluding hydrogens is 368 g/mol. The average Bonchev–Trinajstić information content (AvgIpc) is 2.96. The number of nitrogens with zero attached hydrogens (tertiary/aromatic N) is 2. The molecule has 0 amide bonds. The molecule has 0 aliphatic rings. The van der Waals surface area contributed by atoms with E-state index in [2.05, 4.69) is 4.98 Å². The summed E-state index contributed by atoms with van der Waals surface area (Å²) in [6.45, 7) is 1.92. The van der Waals surface area contributed by atoms with Crippen molar-refractivity contribution in [3.63, 3.8) is 0 Å². The van der Waals surface area contributed by atoms with Gasteiger partial charge in [0.15, 0.2) is 5.58 Å². The first-order chi connectivity index (χ1) is 13.0. The third kappa shape index (κ3) is 2.88. The summed E-state index contributed by atoms with van der Waals surface area (Å²) < 4.78 is 11.7. The predicted octanol–water partition coefficient (Wildman–Crippen LogP) is 3.94. The van der Waals surface area contributed by atoms with Crippen LogP contribution in [0.1, 0.15) is 21.6 Å². The van der Waals surface area contributed by atoms with E-state index in [1.54, 1.807) is 18.2 Å². The molecule has 6 nitrogen and oxygen atoms in total. The van der Waals surface area contributed by atoms with Gasteiger partial charge in [0.25, 0.3) is 0 Å². The van der Waals surface area contributed by atoms with Crippen LogP contribution in [0.25, 0.3) is 22.0 Å². The van der Waals surface area contributed by atoms with E-state index in [4.69, 9.17) is 20.8 Å². The van der Waals surface area contributed by atoms with Crippen LogP contribution in [0.3, 0.4) is 0 Å². The summed E-state index contributed by atoms with van der Waals surface area (Å²) in [6.07, 6.45) is 0. The topological polar surface area (TPSA) is 74.3 Å². The number of esters is 1. The zero-order valence-corrected chi connectivity index (χ0v) is 15.4. The first-order valence-corrected chi connectivity index (χ1v) is 8.63. The number of aromatic nitrogens is 2. The van der Waals surface area contributed by atoms with Crippen LogP contribution >= 0.6 is 11.6 Å². The summed E-state index contributed by atoms with van der Waals surface area (Å²) in [5.74, 6) is -1.04. The minimum absolute atomic E-state index is 0.0730. The number of rotatable bonds is 3. The fourth-order valence-electron chi connectivity index (χ4n) is 3.27. The number of methoxy groups -OCH3 is 1. The molecule has 0 fully saturated rings. The third-order valence-electron chi connectivity index (χ3n) is 4.55. The van der Waals surface area contributed by atoms with Gasteiger partial charge in [0.1, 0.15) is 0 Å². The van der Waals surface area contributed by atoms with Gasteiger partial charge in [-0.1, -0.05) is 29.8 Å². The largest absolute Gasteiger partial charge is 0.465 e. The molecule has 0 N–H and O–H groups in total. The fourth-order valence-corrected chi connectivity index (χ4v) is 3.43. The van der Waals surface area contributed by atoms with Crippen LogP contribution in [-0.2, 0) is 11.3 Å². The van der Waals surface area contributed by atoms with E-state index >= 15 is 0 Å². The Morgan fingerprint density at radius 3 is 2.81 bits per heavy atom. The predicted molar refractivity (Wildman–Crippen MR) is 102 cm³/mol. The van der Waals surface area contributed by atoms with Crippen molar-refractivity contribution in [2.45, 2.75) is 13.5 Å². The summed E-state index contributed by atoms with van der Waals surface area (Å²) in [5.41, 5.74) is 3.24. The Hall–Kier alpha value is -3.12. The minimum Gasteiger partial charge on any atom is -0.465 e. The number of pyridine rings is 1. The summed E-state index contributed by atoms with van der Waals surface area (Å²) in [4.78, 5) is 29.4. The zero-order valence-electron chi connectivity index (χ0n) is 14.7. The monoisotopic (exact) mass is 382 g/mol. The number of para-hydroxylation sites is 1. The van der Waals surface area contributed by atoms with Crippen molar-refractivity contribution in [1.29, 1.82) is 0 Å². The van der Waals surface area contributed by atoms with Crippen LogP contribution < -0.4 is 5.76 Å². The second-order valence-electron chi connectivity index (χ2n) is 6.13. The Morgan fingerprint density at radius 1 is 1.26 bits per heavy atom. The Morgan fingerprint density at radius 2 is 2.04 bits per heavy atom. The fraction of sp³-hybridized carbons (Fsp3) is 0.150. The number of aryl methyl sites for hydroxylation is 1. The van der Waals surface area contributed by atoms with Crippen LogP contribution in [0.5, 0.6) is 0 Å². The van der Waals surface area contributed by atoms with Gasteiger partial charge in [-0.05, 0) is 30.7 Å². The van der Waals surface area contributed by atoms with Gasteiger partial charge >= 0.3 is 11.7 Å². The quantitative estimate of drug-likeness (QED) is 0.502. The normalized spacial score (nSPS) is 11.2. The lowest BCUT2D eigenvalue weighted by Gasteiger charge is -2.13. The Kier molecular flexibility index (Phi) is 4.20. The number of hydrogen-bond acceptors (Lipinski definition) is 5. The van der Waals surface area contributed by atoms with Crippen molar-refractivity contribution in [2.75, 3.05) is 7.11 Å². The molecule has 2 aromatic heterocycles. The van der Waals surface area contributed by atoms with Crippen molar-refractivity contribution >= 4 is 39.6 Å². The highest BCUT2D eigenvalue weighted by molar-refractivity contribution is 6.31. The number of ether oxygens (including phenoxy) is 1. The van der Waals surface area contributed by atoms with E-state index < -0.39 is 11.7 Å². The van der Waals surface area contributed by atoms with E-state index in [1.165, 1.54) is 11.7 Å². The lowest BCUT2D eigenvalue weighted by Crippen LogP contribution is -2.19. The van der Waals surface area contributed by atoms with Crippen molar-refractivity contribution in [1.82, 2.24) is 9.55 Å². The molecule has 0 unspecified atom stereocenters. The second-order valence-corrected chi connectivity index (χ2v) is 6.57. The molecule has 0 saturated heterocycles. The average molecular weight is 383 g/mol. The standard InChI is InChI=1S/C20H15ClN2O4/c1-11-13-5-3-4-6-14(13)22-15(18(11)19(24)26-2)10-23-16-8-7-12(21)9-17(16)27-20(23)25/h3-9H,10H2,1-2H3. The second kappa shape index (κ2) is 6.55. The van der Waals surface area contributed by atoms with Crippen molar-refractivity contribution in [3.8, 4) is 0 Å². The van der Waals surface area contributed by atoms with Crippen molar-refractivity contribution in [3.05, 3.63) is 74.9 Å². The molecule has 136 valence electrons. The van der Waals surface area contributed by atoms with Crippen LogP contribution in [0, 0.1) is 6.92 Å². The smallest absolute Gasteiger partial charge is 0.420 e. The summed E-state index contributed by atoms with van der Waals surface area (Å²) in [5, 5.41) is 1.33. The van der Waals surface area contributed by atoms with Crippen LogP contribution in [-0.4, -0.2) is 22.6 Å². The number of benzene rings is 2. The number of hydrogen-bond donors (Lipinski definition) is 0. The summed E-state index contributed by atoms with van der Waals surface area (Å²) in [7, 11) is 1.32. The van der Waals surface area contributed by atoms with Gasteiger partial charge in [-0.2, -0.15) is 0 Å². The maximum Gasteiger partial charge on any atom is 0.420 e. The molecule has 4 rings (SSSR count). The molecule has 0 saturated carbocycles. The van der Waals surface area contributed by atoms with Gasteiger partial charge < -0.3 is 9.15 Å². The molecule has 0 atom stereocenters. The molecule has 0 aliphatic heterocycles. The van der Waals surface area contributed by atoms with Gasteiger partial charge in [0.05, 0.1) is 35.9 Å². The highest BCUT2D eigenvalue weighted by Crippen LogP contribution is 2.25. The van der Waals surface area contributed by atoms with E-state index in [9.17, 15) is 9.59 Å². The molecule has 27 heavy (non-hydrogen) atoms. The van der Waals surface area contributed by atoms with Crippen molar-refractivity contribution in [2.24, 2.45) is 0 Å². The molecule has 2 aromatic carbocycles. The van der Waals surface area contributed by atoms with E-state index in [0.29, 0.717) is 27.4 Å². The number of carbonyl (C=O) groups is 1. The Labute approximate surface area is 158 Å². The van der Waals surface area contributed by atoms with E-state index in [1.807, 2.05) is 31.2 Å². The maximum atomic E-state index is 12.4. The van der Waals surface area contributed by atoms with Gasteiger partial charge in [-0.3, -0.25) is 4.57 Å². The van der Waals surface area contributed by atoms with E-state index in [0.717, 1.165) is 16.5 Å². The van der Waals surface area contributed by atoms with Crippen LogP contribution in [0.2, 0.25) is 5.02 Å². The van der Waals surface area contributed by atoms with Gasteiger partial charge in [0.2, 0.25) is 0 Å². The molecular formula is C20H15ClN2O4. The molecule has 0 aliphatic carbocycles. The van der Waals surface area contributed by atoms with E-state index in [-0.39, 0.29) is 6.54 Å². The Balaban J connectivity index is 1.95. The van der Waals surface area contributed by atoms with Gasteiger partial charge in [-0.25, -0.2) is 14.6 Å². The van der Waals surface area contributed by atoms with Gasteiger partial charge in [0, 0.05) is 16.5 Å². The van der Waals surface area contributed by atoms with Crippen molar-refractivity contribution < 1.29 is 13.9 Å². The highest BCUT2D eigenvalue weighted by Gasteiger charge is 2.21. The molecule has 4 aromatic rings. The first-order valence-electron chi connectivity index (χ1n) is 8.25. The highest BCUT2D eigenvalue weighted by atomic mass is 35.5. The number of carbonyl (C=O) groups excluding carboxylic acids is 1. The zero-order chi connectivity index (χ0) is 19.1. The molecule has 2 heterocycles.